The first kappa shape index (κ1) is 11.1. The van der Waals surface area contributed by atoms with Crippen molar-refractivity contribution in [3.05, 3.63) is 21.9 Å². The van der Waals surface area contributed by atoms with Crippen molar-refractivity contribution in [3.8, 4) is 6.07 Å². The number of aliphatic hydroxyl groups is 3. The molecule has 3 N–H and O–H groups in total. The molecule has 0 amide bonds. The van der Waals surface area contributed by atoms with Gasteiger partial charge >= 0.3 is 0 Å². The summed E-state index contributed by atoms with van der Waals surface area (Å²) in [5.74, 6) is 0. The van der Waals surface area contributed by atoms with E-state index in [0.29, 0.717) is 4.88 Å². The van der Waals surface area contributed by atoms with E-state index < -0.39 is 12.2 Å². The maximum Gasteiger partial charge on any atom is 0.115 e. The molecule has 2 unspecified atom stereocenters. The molecule has 0 aliphatic rings. The highest BCUT2D eigenvalue weighted by atomic mass is 32.1. The van der Waals surface area contributed by atoms with E-state index in [1.54, 1.807) is 18.2 Å². The standard InChI is InChI=1S/C9H11NO3S/c10-4-3-7(12)9(13)8-2-1-6(5-11)14-8/h1-2,7,9,11-13H,3,5H2. The van der Waals surface area contributed by atoms with E-state index in [9.17, 15) is 10.2 Å². The number of hydrogen-bond donors (Lipinski definition) is 3. The molecule has 14 heavy (non-hydrogen) atoms. The predicted octanol–water partition coefficient (Wildman–Crippen LogP) is 0.548. The molecule has 0 spiro atoms. The van der Waals surface area contributed by atoms with Crippen LogP contribution in [0.5, 0.6) is 0 Å². The molecule has 0 saturated heterocycles. The maximum absolute atomic E-state index is 9.56. The summed E-state index contributed by atoms with van der Waals surface area (Å²) in [4.78, 5) is 1.29. The topological polar surface area (TPSA) is 84.5 Å². The lowest BCUT2D eigenvalue weighted by molar-refractivity contribution is 0.0238. The molecule has 0 saturated carbocycles. The van der Waals surface area contributed by atoms with E-state index in [4.69, 9.17) is 10.4 Å². The highest BCUT2D eigenvalue weighted by Gasteiger charge is 2.19. The van der Waals surface area contributed by atoms with E-state index in [0.717, 1.165) is 4.88 Å². The predicted molar refractivity (Wildman–Crippen MR) is 51.4 cm³/mol. The van der Waals surface area contributed by atoms with Gasteiger partial charge in [-0.1, -0.05) is 0 Å². The SMILES string of the molecule is N#CCC(O)C(O)c1ccc(CO)s1. The largest absolute Gasteiger partial charge is 0.391 e. The van der Waals surface area contributed by atoms with E-state index in [1.807, 2.05) is 0 Å². The number of rotatable bonds is 4. The van der Waals surface area contributed by atoms with Crippen LogP contribution in [0, 0.1) is 11.3 Å². The second-order valence-electron chi connectivity index (χ2n) is 2.84. The average Bonchev–Trinajstić information content (AvgIpc) is 2.65. The van der Waals surface area contributed by atoms with Crippen molar-refractivity contribution in [1.29, 1.82) is 5.26 Å². The first-order valence-corrected chi connectivity index (χ1v) is 4.93. The van der Waals surface area contributed by atoms with Crippen molar-refractivity contribution in [2.24, 2.45) is 0 Å². The van der Waals surface area contributed by atoms with Crippen molar-refractivity contribution < 1.29 is 15.3 Å². The Morgan fingerprint density at radius 3 is 2.64 bits per heavy atom. The molecule has 5 heteroatoms. The van der Waals surface area contributed by atoms with Crippen molar-refractivity contribution in [1.82, 2.24) is 0 Å². The fraction of sp³-hybridized carbons (Fsp3) is 0.444. The summed E-state index contributed by atoms with van der Waals surface area (Å²) in [6.45, 7) is -0.0776. The van der Waals surface area contributed by atoms with Crippen LogP contribution in [-0.4, -0.2) is 21.4 Å². The zero-order valence-corrected chi connectivity index (χ0v) is 8.24. The van der Waals surface area contributed by atoms with Crippen LogP contribution in [0.4, 0.5) is 0 Å². The Morgan fingerprint density at radius 2 is 2.14 bits per heavy atom. The van der Waals surface area contributed by atoms with Gasteiger partial charge in [0, 0.05) is 9.75 Å². The Labute approximate surface area is 85.7 Å². The van der Waals surface area contributed by atoms with Gasteiger partial charge in [-0.3, -0.25) is 0 Å². The molecule has 76 valence electrons. The van der Waals surface area contributed by atoms with Gasteiger partial charge in [-0.25, -0.2) is 0 Å². The summed E-state index contributed by atoms with van der Waals surface area (Å²) in [6.07, 6.45) is -2.21. The normalized spacial score (nSPS) is 14.7. The molecule has 0 bridgehead atoms. The number of thiophene rings is 1. The lowest BCUT2D eigenvalue weighted by Gasteiger charge is -2.12. The van der Waals surface area contributed by atoms with E-state index >= 15 is 0 Å². The molecule has 0 fully saturated rings. The van der Waals surface area contributed by atoms with Gasteiger partial charge in [0.15, 0.2) is 0 Å². The van der Waals surface area contributed by atoms with Crippen molar-refractivity contribution in [2.45, 2.75) is 25.2 Å². The summed E-state index contributed by atoms with van der Waals surface area (Å²) in [6, 6.07) is 5.11. The molecule has 1 aromatic heterocycles. The number of hydrogen-bond acceptors (Lipinski definition) is 5. The quantitative estimate of drug-likeness (QED) is 0.681. The van der Waals surface area contributed by atoms with Gasteiger partial charge in [0.2, 0.25) is 0 Å². The zero-order valence-electron chi connectivity index (χ0n) is 7.42. The summed E-state index contributed by atoms with van der Waals surface area (Å²) in [5.41, 5.74) is 0. The molecule has 2 atom stereocenters. The number of aliphatic hydroxyl groups excluding tert-OH is 3. The van der Waals surface area contributed by atoms with Crippen LogP contribution in [0.25, 0.3) is 0 Å². The van der Waals surface area contributed by atoms with Crippen LogP contribution in [0.15, 0.2) is 12.1 Å². The fourth-order valence-corrected chi connectivity index (χ4v) is 1.95. The Bertz CT molecular complexity index is 331. The molecular formula is C9H11NO3S. The van der Waals surface area contributed by atoms with E-state index in [1.165, 1.54) is 11.3 Å². The van der Waals surface area contributed by atoms with Crippen molar-refractivity contribution in [3.63, 3.8) is 0 Å². The van der Waals surface area contributed by atoms with Crippen molar-refractivity contribution in [2.75, 3.05) is 0 Å². The zero-order chi connectivity index (χ0) is 10.6. The van der Waals surface area contributed by atoms with Gasteiger partial charge in [-0.2, -0.15) is 5.26 Å². The molecule has 0 aliphatic heterocycles. The van der Waals surface area contributed by atoms with Crippen LogP contribution < -0.4 is 0 Å². The van der Waals surface area contributed by atoms with Gasteiger partial charge in [0.25, 0.3) is 0 Å². The summed E-state index contributed by atoms with van der Waals surface area (Å²) >= 11 is 1.23. The van der Waals surface area contributed by atoms with Gasteiger partial charge in [-0.05, 0) is 12.1 Å². The molecular weight excluding hydrogens is 202 g/mol. The summed E-state index contributed by atoms with van der Waals surface area (Å²) in [7, 11) is 0. The highest BCUT2D eigenvalue weighted by molar-refractivity contribution is 7.12. The molecule has 1 rings (SSSR count). The third-order valence-electron chi connectivity index (χ3n) is 1.79. The highest BCUT2D eigenvalue weighted by Crippen LogP contribution is 2.26. The van der Waals surface area contributed by atoms with Crippen LogP contribution in [-0.2, 0) is 6.61 Å². The molecule has 0 aliphatic carbocycles. The minimum Gasteiger partial charge on any atom is -0.391 e. The first-order valence-electron chi connectivity index (χ1n) is 4.11. The van der Waals surface area contributed by atoms with E-state index in [-0.39, 0.29) is 13.0 Å². The third kappa shape index (κ3) is 2.53. The minimum atomic E-state index is -1.06. The molecule has 1 heterocycles. The molecule has 4 nitrogen and oxygen atoms in total. The third-order valence-corrected chi connectivity index (χ3v) is 2.94. The molecule has 0 aromatic carbocycles. The van der Waals surface area contributed by atoms with Gasteiger partial charge in [0.1, 0.15) is 6.10 Å². The lowest BCUT2D eigenvalue weighted by atomic mass is 10.1. The van der Waals surface area contributed by atoms with Gasteiger partial charge < -0.3 is 15.3 Å². The monoisotopic (exact) mass is 213 g/mol. The van der Waals surface area contributed by atoms with Crippen molar-refractivity contribution >= 4 is 11.3 Å². The second-order valence-corrected chi connectivity index (χ2v) is 4.04. The second kappa shape index (κ2) is 5.08. The molecule has 1 aromatic rings. The van der Waals surface area contributed by atoms with Crippen LogP contribution in [0.2, 0.25) is 0 Å². The van der Waals surface area contributed by atoms with E-state index in [2.05, 4.69) is 0 Å². The Kier molecular flexibility index (Phi) is 4.04. The van der Waals surface area contributed by atoms with Gasteiger partial charge in [0.05, 0.1) is 25.2 Å². The number of nitriles is 1. The maximum atomic E-state index is 9.56. The number of nitrogens with zero attached hydrogens (tertiary/aromatic N) is 1. The first-order chi connectivity index (χ1) is 6.69. The average molecular weight is 213 g/mol. The minimum absolute atomic E-state index is 0.0776. The van der Waals surface area contributed by atoms with Crippen LogP contribution >= 0.6 is 11.3 Å². The smallest absolute Gasteiger partial charge is 0.115 e. The fourth-order valence-electron chi connectivity index (χ4n) is 1.03. The Balaban J connectivity index is 2.69. The van der Waals surface area contributed by atoms with Crippen LogP contribution in [0.3, 0.4) is 0 Å². The summed E-state index contributed by atoms with van der Waals surface area (Å²) in [5, 5.41) is 36.0. The Hall–Kier alpha value is -0.930. The summed E-state index contributed by atoms with van der Waals surface area (Å²) < 4.78 is 0. The lowest BCUT2D eigenvalue weighted by Crippen LogP contribution is -2.16. The van der Waals surface area contributed by atoms with Gasteiger partial charge in [-0.15, -0.1) is 11.3 Å². The molecule has 0 radical (unpaired) electrons. The van der Waals surface area contributed by atoms with Crippen LogP contribution in [0.1, 0.15) is 22.3 Å². The Morgan fingerprint density at radius 1 is 1.43 bits per heavy atom.